The van der Waals surface area contributed by atoms with Crippen LogP contribution in [0, 0.1) is 0 Å². The molecule has 0 radical (unpaired) electrons. The predicted molar refractivity (Wildman–Crippen MR) is 119 cm³/mol. The summed E-state index contributed by atoms with van der Waals surface area (Å²) in [5, 5.41) is 25.2. The van der Waals surface area contributed by atoms with Crippen molar-refractivity contribution >= 4 is 25.7 Å². The summed E-state index contributed by atoms with van der Waals surface area (Å²) in [4.78, 5) is 3.67. The maximum Gasteiger partial charge on any atom is 0.453 e. The summed E-state index contributed by atoms with van der Waals surface area (Å²) in [6, 6.07) is 1.92. The number of anilines is 1. The topological polar surface area (TPSA) is 207 Å². The Morgan fingerprint density at radius 1 is 1.16 bits per heavy atom. The number of sulfonamides is 2. The van der Waals surface area contributed by atoms with Crippen LogP contribution in [0.25, 0.3) is 11.4 Å². The van der Waals surface area contributed by atoms with Crippen molar-refractivity contribution in [3.05, 3.63) is 23.8 Å². The number of nitrogens with zero attached hydrogens (tertiary/aromatic N) is 7. The third-order valence-electron chi connectivity index (χ3n) is 5.88. The molecule has 4 heterocycles. The molecule has 5 N–H and O–H groups in total. The minimum Gasteiger partial charge on any atom is -0.362 e. The lowest BCUT2D eigenvalue weighted by molar-refractivity contribution is -0.145. The molecule has 0 bridgehead atoms. The van der Waals surface area contributed by atoms with Gasteiger partial charge in [-0.05, 0) is 30.3 Å². The summed E-state index contributed by atoms with van der Waals surface area (Å²) < 4.78 is 95.0. The second-order valence-electron chi connectivity index (χ2n) is 8.37. The summed E-state index contributed by atoms with van der Waals surface area (Å²) in [5.41, 5.74) is -0.164. The van der Waals surface area contributed by atoms with Gasteiger partial charge in [-0.25, -0.2) is 36.4 Å². The molecule has 2 aliphatic heterocycles. The molecule has 1 aromatic carbocycles. The summed E-state index contributed by atoms with van der Waals surface area (Å²) in [6.45, 7) is 0.813. The van der Waals surface area contributed by atoms with Gasteiger partial charge in [0.25, 0.3) is 5.82 Å². The van der Waals surface area contributed by atoms with Crippen molar-refractivity contribution in [1.82, 2.24) is 45.4 Å². The van der Waals surface area contributed by atoms with Crippen molar-refractivity contribution in [2.45, 2.75) is 41.5 Å². The molecule has 3 aromatic rings. The maximum atomic E-state index is 13.3. The van der Waals surface area contributed by atoms with E-state index in [1.807, 2.05) is 0 Å². The van der Waals surface area contributed by atoms with E-state index in [9.17, 15) is 30.0 Å². The van der Waals surface area contributed by atoms with Crippen LogP contribution in [-0.2, 0) is 39.3 Å². The zero-order valence-corrected chi connectivity index (χ0v) is 20.4. The van der Waals surface area contributed by atoms with Gasteiger partial charge in [-0.2, -0.15) is 18.4 Å². The number of fused-ring (bicyclic) bond motifs is 1. The Kier molecular flexibility index (Phi) is 6.17. The molecule has 15 nitrogen and oxygen atoms in total. The van der Waals surface area contributed by atoms with Crippen molar-refractivity contribution in [3.63, 3.8) is 0 Å². The van der Waals surface area contributed by atoms with Crippen molar-refractivity contribution in [1.29, 1.82) is 0 Å². The molecular weight excluding hydrogens is 543 g/mol. The smallest absolute Gasteiger partial charge is 0.362 e. The van der Waals surface area contributed by atoms with Gasteiger partial charge in [0, 0.05) is 24.8 Å². The number of tetrazole rings is 1. The van der Waals surface area contributed by atoms with Gasteiger partial charge in [-0.3, -0.25) is 0 Å². The molecule has 0 saturated carbocycles. The summed E-state index contributed by atoms with van der Waals surface area (Å²) in [7, 11) is -9.09. The number of alkyl halides is 3. The molecule has 1 fully saturated rings. The van der Waals surface area contributed by atoms with E-state index in [0.29, 0.717) is 19.5 Å². The lowest BCUT2D eigenvalue weighted by Crippen LogP contribution is -2.38. The van der Waals surface area contributed by atoms with Crippen LogP contribution in [-0.4, -0.2) is 77.9 Å². The average molecular weight is 564 g/mol. The number of aromatic nitrogens is 7. The van der Waals surface area contributed by atoms with Crippen molar-refractivity contribution in [2.75, 3.05) is 24.5 Å². The first-order valence-electron chi connectivity index (χ1n) is 10.8. The highest BCUT2D eigenvalue weighted by molar-refractivity contribution is 7.92. The number of rotatable bonds is 6. The highest BCUT2D eigenvalue weighted by Crippen LogP contribution is 2.39. The van der Waals surface area contributed by atoms with Crippen LogP contribution in [0.4, 0.5) is 18.9 Å². The lowest BCUT2D eigenvalue weighted by Gasteiger charge is -2.31. The van der Waals surface area contributed by atoms with Crippen LogP contribution in [0.15, 0.2) is 21.9 Å². The number of benzene rings is 1. The molecule has 0 spiro atoms. The minimum absolute atomic E-state index is 0.00884. The molecule has 20 heteroatoms. The van der Waals surface area contributed by atoms with E-state index >= 15 is 0 Å². The summed E-state index contributed by atoms with van der Waals surface area (Å²) in [5.74, 6) is -1.61. The molecule has 5 rings (SSSR count). The molecule has 2 aromatic heterocycles. The van der Waals surface area contributed by atoms with E-state index in [1.165, 1.54) is 11.0 Å². The Labute approximate surface area is 207 Å². The first-order valence-corrected chi connectivity index (χ1v) is 13.8. The van der Waals surface area contributed by atoms with Gasteiger partial charge < -0.3 is 10.2 Å². The lowest BCUT2D eigenvalue weighted by atomic mass is 10.1. The van der Waals surface area contributed by atoms with Gasteiger partial charge in [-0.15, -0.1) is 15.3 Å². The zero-order valence-electron chi connectivity index (χ0n) is 18.8. The first-order chi connectivity index (χ1) is 17.3. The highest BCUT2D eigenvalue weighted by atomic mass is 32.2. The minimum atomic E-state index is -4.75. The highest BCUT2D eigenvalue weighted by Gasteiger charge is 2.39. The van der Waals surface area contributed by atoms with Crippen LogP contribution in [0.3, 0.4) is 0 Å². The van der Waals surface area contributed by atoms with Gasteiger partial charge >= 0.3 is 6.18 Å². The fraction of sp³-hybridized carbons (Fsp3) is 0.471. The molecule has 1 atom stereocenters. The molecule has 0 amide bonds. The second kappa shape index (κ2) is 8.97. The van der Waals surface area contributed by atoms with E-state index in [0.717, 1.165) is 10.7 Å². The molecular formula is C17H20F3N11O4S2. The Morgan fingerprint density at radius 3 is 2.57 bits per heavy atom. The Hall–Kier alpha value is -3.20. The van der Waals surface area contributed by atoms with Crippen molar-refractivity contribution < 1.29 is 30.0 Å². The normalized spacial score (nSPS) is 18.8. The molecule has 0 unspecified atom stereocenters. The number of nitrogens with one attached hydrogen (secondary N) is 3. The standard InChI is InChI=1S/C17H20F3N11O4S2/c18-17(19,20)16-23-12-8-30(5-6-31(12)26-16)10-1-2-11(37(34,35)27-9-3-4-22-7-9)14(36(21,32)33)13(10)15-24-28-29-25-15/h1-2,9,22,27H,3-8H2,(H2,21,32,33)(H,24,25,28,29)/t9-/m1/s1. The van der Waals surface area contributed by atoms with E-state index in [4.69, 9.17) is 5.14 Å². The molecule has 200 valence electrons. The van der Waals surface area contributed by atoms with Gasteiger partial charge in [0.15, 0.2) is 0 Å². The molecule has 2 aliphatic rings. The zero-order chi connectivity index (χ0) is 26.6. The third-order valence-corrected chi connectivity index (χ3v) is 8.57. The molecule has 0 aliphatic carbocycles. The SMILES string of the molecule is NS(=O)(=O)c1c(S(=O)(=O)N[C@@H]2CCNC2)ccc(N2CCn3nc(C(F)(F)F)nc3C2)c1-c1nn[nH]n1. The van der Waals surface area contributed by atoms with Gasteiger partial charge in [0.2, 0.25) is 25.9 Å². The van der Waals surface area contributed by atoms with Gasteiger partial charge in [0.1, 0.15) is 15.6 Å². The monoisotopic (exact) mass is 563 g/mol. The number of hydrogen-bond donors (Lipinski definition) is 4. The van der Waals surface area contributed by atoms with Crippen molar-refractivity contribution in [2.24, 2.45) is 5.14 Å². The van der Waals surface area contributed by atoms with E-state index in [1.54, 1.807) is 0 Å². The first kappa shape index (κ1) is 25.4. The maximum absolute atomic E-state index is 13.3. The number of nitrogens with two attached hydrogens (primary N) is 1. The van der Waals surface area contributed by atoms with Crippen LogP contribution < -0.4 is 20.1 Å². The van der Waals surface area contributed by atoms with Crippen LogP contribution >= 0.6 is 0 Å². The Balaban J connectivity index is 1.65. The third kappa shape index (κ3) is 4.89. The van der Waals surface area contributed by atoms with Crippen LogP contribution in [0.1, 0.15) is 18.1 Å². The van der Waals surface area contributed by atoms with E-state index in [2.05, 4.69) is 40.7 Å². The van der Waals surface area contributed by atoms with Crippen LogP contribution in [0.5, 0.6) is 0 Å². The Morgan fingerprint density at radius 2 is 1.95 bits per heavy atom. The summed E-state index contributed by atoms with van der Waals surface area (Å²) in [6.07, 6.45) is -4.25. The summed E-state index contributed by atoms with van der Waals surface area (Å²) >= 11 is 0. The Bertz CT molecular complexity index is 1530. The molecule has 37 heavy (non-hydrogen) atoms. The number of halogens is 3. The number of hydrogen-bond acceptors (Lipinski definition) is 11. The van der Waals surface area contributed by atoms with Gasteiger partial charge in [0.05, 0.1) is 18.7 Å². The number of primary sulfonamides is 1. The fourth-order valence-electron chi connectivity index (χ4n) is 4.29. The van der Waals surface area contributed by atoms with Crippen LogP contribution in [0.2, 0.25) is 0 Å². The number of aromatic amines is 1. The second-order valence-corrected chi connectivity index (χ2v) is 11.6. The van der Waals surface area contributed by atoms with E-state index < -0.39 is 47.9 Å². The predicted octanol–water partition coefficient (Wildman–Crippen LogP) is -1.22. The fourth-order valence-corrected chi connectivity index (χ4v) is 7.16. The number of H-pyrrole nitrogens is 1. The average Bonchev–Trinajstić information content (AvgIpc) is 3.57. The quantitative estimate of drug-likeness (QED) is 0.280. The molecule has 1 saturated heterocycles. The van der Waals surface area contributed by atoms with E-state index in [-0.39, 0.29) is 42.5 Å². The largest absolute Gasteiger partial charge is 0.453 e. The van der Waals surface area contributed by atoms with Gasteiger partial charge in [-0.1, -0.05) is 0 Å². The van der Waals surface area contributed by atoms with Crippen molar-refractivity contribution in [3.8, 4) is 11.4 Å².